The van der Waals surface area contributed by atoms with Crippen molar-refractivity contribution in [3.63, 3.8) is 0 Å². The van der Waals surface area contributed by atoms with Gasteiger partial charge in [-0.25, -0.2) is 9.97 Å². The lowest BCUT2D eigenvalue weighted by atomic mass is 9.71. The maximum Gasteiger partial charge on any atom is 0.323 e. The molecule has 1 unspecified atom stereocenters. The van der Waals surface area contributed by atoms with Gasteiger partial charge < -0.3 is 15.3 Å². The number of rotatable bonds is 12. The molecular weight excluding hydrogens is 660 g/mol. The van der Waals surface area contributed by atoms with Gasteiger partial charge in [0.2, 0.25) is 5.91 Å². The molecule has 264 valence electrons. The van der Waals surface area contributed by atoms with Gasteiger partial charge in [0, 0.05) is 46.3 Å². The van der Waals surface area contributed by atoms with Gasteiger partial charge in [0.15, 0.2) is 5.82 Å². The van der Waals surface area contributed by atoms with Gasteiger partial charge in [-0.15, -0.1) is 0 Å². The van der Waals surface area contributed by atoms with Crippen LogP contribution in [0.5, 0.6) is 0 Å². The van der Waals surface area contributed by atoms with E-state index in [-0.39, 0.29) is 18.9 Å². The van der Waals surface area contributed by atoms with Gasteiger partial charge in [-0.2, -0.15) is 0 Å². The van der Waals surface area contributed by atoms with Crippen molar-refractivity contribution in [2.24, 2.45) is 17.8 Å². The minimum atomic E-state index is -1.11. The summed E-state index contributed by atoms with van der Waals surface area (Å²) in [6.45, 7) is 1.98. The fourth-order valence-corrected chi connectivity index (χ4v) is 7.60. The Bertz CT molecular complexity index is 1830. The van der Waals surface area contributed by atoms with Gasteiger partial charge in [-0.1, -0.05) is 80.3 Å². The standard InChI is InChI=1S/C42H45ClN4O4/c1-2-28-3-9-31(10-4-28)32-13-15-33(16-14-32)36-24-44-41(45-25-36)34-11-5-30(6-12-34)26-47(27-40(49)50)42(51)35-17-21-38(22-18-35)46-39(48)23-29-7-19-37(43)20-8-29/h5-8,11-12,15,17-22,24-25,28,31-32H,2-4,9-10,13-14,16,23,26-27H2,1H3,(H,46,48)(H,49,50)/t28-,31-,32?. The molecule has 1 heterocycles. The van der Waals surface area contributed by atoms with Crippen molar-refractivity contribution in [3.8, 4) is 11.4 Å². The first kappa shape index (κ1) is 36.0. The van der Waals surface area contributed by atoms with E-state index in [1.165, 1.54) is 49.0 Å². The molecule has 0 saturated heterocycles. The fourth-order valence-electron chi connectivity index (χ4n) is 7.47. The van der Waals surface area contributed by atoms with Gasteiger partial charge in [-0.05, 0) is 103 Å². The third-order valence-corrected chi connectivity index (χ3v) is 10.8. The number of halogens is 1. The highest BCUT2D eigenvalue weighted by atomic mass is 35.5. The number of nitrogens with one attached hydrogen (secondary N) is 1. The largest absolute Gasteiger partial charge is 0.480 e. The lowest BCUT2D eigenvalue weighted by Crippen LogP contribution is -2.35. The van der Waals surface area contributed by atoms with Crippen LogP contribution in [0.3, 0.4) is 0 Å². The van der Waals surface area contributed by atoms with Crippen molar-refractivity contribution >= 4 is 40.6 Å². The average molecular weight is 705 g/mol. The number of hydrogen-bond donors (Lipinski definition) is 2. The summed E-state index contributed by atoms with van der Waals surface area (Å²) in [6.07, 6.45) is 16.8. The number of amides is 2. The number of allylic oxidation sites excluding steroid dienone is 2. The van der Waals surface area contributed by atoms with Gasteiger partial charge in [0.25, 0.3) is 5.91 Å². The number of carboxylic acids is 1. The first-order chi connectivity index (χ1) is 24.7. The predicted octanol–water partition coefficient (Wildman–Crippen LogP) is 9.11. The number of carboxylic acid groups (broad SMARTS) is 1. The maximum absolute atomic E-state index is 13.4. The number of nitrogens with zero attached hydrogens (tertiary/aromatic N) is 3. The Morgan fingerprint density at radius 2 is 1.49 bits per heavy atom. The number of benzene rings is 3. The van der Waals surface area contributed by atoms with Crippen molar-refractivity contribution < 1.29 is 19.5 Å². The molecule has 3 aromatic carbocycles. The molecule has 2 aliphatic carbocycles. The van der Waals surface area contributed by atoms with E-state index >= 15 is 0 Å². The van der Waals surface area contributed by atoms with Crippen LogP contribution in [0.25, 0.3) is 17.0 Å². The van der Waals surface area contributed by atoms with E-state index in [4.69, 9.17) is 11.6 Å². The molecule has 0 bridgehead atoms. The Hall–Kier alpha value is -4.82. The van der Waals surface area contributed by atoms with Crippen molar-refractivity contribution in [2.75, 3.05) is 11.9 Å². The van der Waals surface area contributed by atoms with E-state index in [2.05, 4.69) is 28.3 Å². The first-order valence-corrected chi connectivity index (χ1v) is 18.4. The van der Waals surface area contributed by atoms with Gasteiger partial charge >= 0.3 is 5.97 Å². The van der Waals surface area contributed by atoms with Crippen LogP contribution >= 0.6 is 11.6 Å². The zero-order valence-corrected chi connectivity index (χ0v) is 29.8. The third kappa shape index (κ3) is 9.70. The molecular formula is C42H45ClN4O4. The number of carbonyl (C=O) groups excluding carboxylic acids is 2. The summed E-state index contributed by atoms with van der Waals surface area (Å²) in [6, 6.07) is 21.0. The number of carbonyl (C=O) groups is 3. The predicted molar refractivity (Wildman–Crippen MR) is 201 cm³/mol. The molecule has 1 atom stereocenters. The molecule has 2 amide bonds. The third-order valence-electron chi connectivity index (χ3n) is 10.5. The molecule has 4 aromatic rings. The summed E-state index contributed by atoms with van der Waals surface area (Å²) in [5.41, 5.74) is 5.72. The number of anilines is 1. The summed E-state index contributed by atoms with van der Waals surface area (Å²) in [5, 5.41) is 13.0. The monoisotopic (exact) mass is 704 g/mol. The minimum Gasteiger partial charge on any atom is -0.480 e. The molecule has 1 saturated carbocycles. The van der Waals surface area contributed by atoms with Crippen LogP contribution in [0, 0.1) is 17.8 Å². The highest BCUT2D eigenvalue weighted by Crippen LogP contribution is 2.41. The van der Waals surface area contributed by atoms with Crippen LogP contribution in [0.2, 0.25) is 5.02 Å². The summed E-state index contributed by atoms with van der Waals surface area (Å²) >= 11 is 5.92. The van der Waals surface area contributed by atoms with Gasteiger partial charge in [0.05, 0.1) is 6.42 Å². The van der Waals surface area contributed by atoms with Crippen molar-refractivity contribution in [2.45, 2.75) is 71.3 Å². The van der Waals surface area contributed by atoms with Crippen LogP contribution in [0.1, 0.15) is 85.3 Å². The number of aromatic nitrogens is 2. The summed E-state index contributed by atoms with van der Waals surface area (Å²) in [7, 11) is 0. The van der Waals surface area contributed by atoms with Crippen LogP contribution in [0.4, 0.5) is 5.69 Å². The molecule has 0 aliphatic heterocycles. The zero-order chi connectivity index (χ0) is 35.7. The van der Waals surface area contributed by atoms with E-state index in [0.717, 1.165) is 52.8 Å². The molecule has 2 aliphatic rings. The van der Waals surface area contributed by atoms with Crippen LogP contribution in [-0.4, -0.2) is 44.3 Å². The normalized spacial score (nSPS) is 18.8. The summed E-state index contributed by atoms with van der Waals surface area (Å²) < 4.78 is 0. The van der Waals surface area contributed by atoms with E-state index in [9.17, 15) is 19.5 Å². The molecule has 51 heavy (non-hydrogen) atoms. The zero-order valence-electron chi connectivity index (χ0n) is 29.1. The summed E-state index contributed by atoms with van der Waals surface area (Å²) in [4.78, 5) is 48.2. The minimum absolute atomic E-state index is 0.111. The quantitative estimate of drug-likeness (QED) is 0.152. The fraction of sp³-hybridized carbons (Fsp3) is 0.357. The topological polar surface area (TPSA) is 112 Å². The summed E-state index contributed by atoms with van der Waals surface area (Å²) in [5.74, 6) is 1.49. The molecule has 6 rings (SSSR count). The molecule has 9 heteroatoms. The smallest absolute Gasteiger partial charge is 0.323 e. The lowest BCUT2D eigenvalue weighted by molar-refractivity contribution is -0.137. The lowest BCUT2D eigenvalue weighted by Gasteiger charge is -2.35. The molecule has 1 fully saturated rings. The second kappa shape index (κ2) is 16.9. The second-order valence-corrected chi connectivity index (χ2v) is 14.4. The number of hydrogen-bond acceptors (Lipinski definition) is 5. The van der Waals surface area contributed by atoms with Crippen molar-refractivity contribution in [1.82, 2.24) is 14.9 Å². The van der Waals surface area contributed by atoms with Crippen LogP contribution < -0.4 is 5.32 Å². The van der Waals surface area contributed by atoms with Gasteiger partial charge in [0.1, 0.15) is 6.54 Å². The Labute approximate surface area is 305 Å². The average Bonchev–Trinajstić information content (AvgIpc) is 3.16. The highest BCUT2D eigenvalue weighted by molar-refractivity contribution is 6.30. The second-order valence-electron chi connectivity index (χ2n) is 13.9. The Kier molecular flexibility index (Phi) is 11.9. The highest BCUT2D eigenvalue weighted by Gasteiger charge is 2.28. The van der Waals surface area contributed by atoms with Crippen LogP contribution in [0.15, 0.2) is 91.3 Å². The number of aliphatic carboxylic acids is 1. The maximum atomic E-state index is 13.4. The molecule has 1 aromatic heterocycles. The molecule has 0 spiro atoms. The van der Waals surface area contributed by atoms with E-state index in [1.54, 1.807) is 48.5 Å². The SMILES string of the molecule is CC[C@H]1CC[C@H](C2CC=C(c3cnc(-c4ccc(CN(CC(=O)O)C(=O)c5ccc(NC(=O)Cc6ccc(Cl)cc6)cc5)cc4)nc3)CC2)CC1. The Balaban J connectivity index is 1.03. The molecule has 2 N–H and O–H groups in total. The molecule has 8 nitrogen and oxygen atoms in total. The van der Waals surface area contributed by atoms with Crippen molar-refractivity contribution in [3.05, 3.63) is 119 Å². The van der Waals surface area contributed by atoms with E-state index in [1.807, 2.05) is 36.7 Å². The van der Waals surface area contributed by atoms with E-state index in [0.29, 0.717) is 22.1 Å². The Morgan fingerprint density at radius 3 is 2.10 bits per heavy atom. The Morgan fingerprint density at radius 1 is 0.824 bits per heavy atom. The van der Waals surface area contributed by atoms with Crippen LogP contribution in [-0.2, 0) is 22.6 Å². The molecule has 0 radical (unpaired) electrons. The van der Waals surface area contributed by atoms with Crippen molar-refractivity contribution in [1.29, 1.82) is 0 Å². The first-order valence-electron chi connectivity index (χ1n) is 18.0. The van der Waals surface area contributed by atoms with Gasteiger partial charge in [-0.3, -0.25) is 14.4 Å². The van der Waals surface area contributed by atoms with E-state index < -0.39 is 18.4 Å².